The van der Waals surface area contributed by atoms with Crippen LogP contribution in [-0.2, 0) is 10.0 Å². The predicted molar refractivity (Wildman–Crippen MR) is 70.2 cm³/mol. The maximum atomic E-state index is 13.0. The normalized spacial score (nSPS) is 11.2. The summed E-state index contributed by atoms with van der Waals surface area (Å²) in [5.41, 5.74) is -0.0558. The molecule has 0 aromatic heterocycles. The minimum atomic E-state index is -3.86. The van der Waals surface area contributed by atoms with E-state index < -0.39 is 21.7 Å². The van der Waals surface area contributed by atoms with Crippen LogP contribution in [0.1, 0.15) is 0 Å². The van der Waals surface area contributed by atoms with Gasteiger partial charge in [0.15, 0.2) is 11.6 Å². The van der Waals surface area contributed by atoms with Crippen molar-refractivity contribution in [1.82, 2.24) is 0 Å². The van der Waals surface area contributed by atoms with Crippen molar-refractivity contribution in [3.8, 4) is 5.75 Å². The van der Waals surface area contributed by atoms with Crippen molar-refractivity contribution in [3.63, 3.8) is 0 Å². The maximum absolute atomic E-state index is 13.0. The van der Waals surface area contributed by atoms with Crippen LogP contribution in [0.5, 0.6) is 5.75 Å². The van der Waals surface area contributed by atoms with Crippen molar-refractivity contribution < 1.29 is 21.9 Å². The standard InChI is InChI=1S/C13H11F2NO3S/c1-19-10-3-5-11(6-4-10)20(17,18)16-9-2-7-12(14)13(15)8-9/h2-8,16H,1H3. The third kappa shape index (κ3) is 3.05. The minimum absolute atomic E-state index is 0.0111. The van der Waals surface area contributed by atoms with E-state index in [2.05, 4.69) is 4.72 Å². The molecule has 4 nitrogen and oxygen atoms in total. The maximum Gasteiger partial charge on any atom is 0.261 e. The monoisotopic (exact) mass is 299 g/mol. The van der Waals surface area contributed by atoms with E-state index in [1.807, 2.05) is 0 Å². The molecule has 2 rings (SSSR count). The molecule has 0 aliphatic heterocycles. The first-order valence-electron chi connectivity index (χ1n) is 5.54. The molecule has 20 heavy (non-hydrogen) atoms. The number of sulfonamides is 1. The molecular weight excluding hydrogens is 288 g/mol. The summed E-state index contributed by atoms with van der Waals surface area (Å²) in [4.78, 5) is -0.0111. The Morgan fingerprint density at radius 1 is 1.00 bits per heavy atom. The number of ether oxygens (including phenoxy) is 1. The Labute approximate surface area is 115 Å². The number of hydrogen-bond donors (Lipinski definition) is 1. The summed E-state index contributed by atoms with van der Waals surface area (Å²) in [6.45, 7) is 0. The van der Waals surface area contributed by atoms with Crippen LogP contribution >= 0.6 is 0 Å². The molecule has 1 N–H and O–H groups in total. The molecule has 0 unspecified atom stereocenters. The molecule has 0 radical (unpaired) electrons. The second-order valence-corrected chi connectivity index (χ2v) is 5.59. The highest BCUT2D eigenvalue weighted by Gasteiger charge is 2.15. The number of nitrogens with one attached hydrogen (secondary N) is 1. The van der Waals surface area contributed by atoms with Crippen LogP contribution in [0, 0.1) is 11.6 Å². The summed E-state index contributed by atoms with van der Waals surface area (Å²) < 4.78 is 56.9. The van der Waals surface area contributed by atoms with Crippen molar-refractivity contribution >= 4 is 15.7 Å². The molecule has 0 atom stereocenters. The average molecular weight is 299 g/mol. The number of methoxy groups -OCH3 is 1. The first-order valence-corrected chi connectivity index (χ1v) is 7.02. The van der Waals surface area contributed by atoms with E-state index in [9.17, 15) is 17.2 Å². The van der Waals surface area contributed by atoms with Crippen molar-refractivity contribution in [1.29, 1.82) is 0 Å². The summed E-state index contributed by atoms with van der Waals surface area (Å²) in [7, 11) is -2.40. The van der Waals surface area contributed by atoms with Gasteiger partial charge < -0.3 is 4.74 Å². The van der Waals surface area contributed by atoms with Crippen LogP contribution in [0.15, 0.2) is 47.4 Å². The fourth-order valence-electron chi connectivity index (χ4n) is 1.53. The first kappa shape index (κ1) is 14.3. The van der Waals surface area contributed by atoms with E-state index in [1.165, 1.54) is 31.4 Å². The molecule has 0 bridgehead atoms. The van der Waals surface area contributed by atoms with Gasteiger partial charge in [-0.3, -0.25) is 4.72 Å². The molecule has 0 heterocycles. The number of halogens is 2. The lowest BCUT2D eigenvalue weighted by molar-refractivity contribution is 0.414. The number of rotatable bonds is 4. The van der Waals surface area contributed by atoms with Crippen LogP contribution in [0.3, 0.4) is 0 Å². The van der Waals surface area contributed by atoms with Crippen molar-refractivity contribution in [2.45, 2.75) is 4.90 Å². The van der Waals surface area contributed by atoms with Gasteiger partial charge in [-0.2, -0.15) is 0 Å². The summed E-state index contributed by atoms with van der Waals surface area (Å²) in [6.07, 6.45) is 0. The third-order valence-corrected chi connectivity index (χ3v) is 3.94. The van der Waals surface area contributed by atoms with E-state index >= 15 is 0 Å². The predicted octanol–water partition coefficient (Wildman–Crippen LogP) is 2.77. The van der Waals surface area contributed by atoms with Gasteiger partial charge in [0.2, 0.25) is 0 Å². The molecule has 0 spiro atoms. The van der Waals surface area contributed by atoms with E-state index in [-0.39, 0.29) is 10.6 Å². The molecule has 0 saturated heterocycles. The summed E-state index contributed by atoms with van der Waals surface area (Å²) in [5, 5.41) is 0. The van der Waals surface area contributed by atoms with Crippen molar-refractivity contribution in [2.75, 3.05) is 11.8 Å². The largest absolute Gasteiger partial charge is 0.497 e. The highest BCUT2D eigenvalue weighted by Crippen LogP contribution is 2.20. The Balaban J connectivity index is 2.27. The van der Waals surface area contributed by atoms with Crippen molar-refractivity contribution in [3.05, 3.63) is 54.1 Å². The number of benzene rings is 2. The third-order valence-electron chi connectivity index (χ3n) is 2.54. The van der Waals surface area contributed by atoms with Gasteiger partial charge in [-0.25, -0.2) is 17.2 Å². The minimum Gasteiger partial charge on any atom is -0.497 e. The summed E-state index contributed by atoms with van der Waals surface area (Å²) in [6, 6.07) is 8.43. The molecule has 0 amide bonds. The van der Waals surface area contributed by atoms with Crippen LogP contribution in [-0.4, -0.2) is 15.5 Å². The molecule has 0 aliphatic carbocycles. The highest BCUT2D eigenvalue weighted by atomic mass is 32.2. The topological polar surface area (TPSA) is 55.4 Å². The quantitative estimate of drug-likeness (QED) is 0.944. The Morgan fingerprint density at radius 2 is 1.65 bits per heavy atom. The Kier molecular flexibility index (Phi) is 3.89. The zero-order valence-electron chi connectivity index (χ0n) is 10.4. The molecule has 2 aromatic rings. The lowest BCUT2D eigenvalue weighted by Gasteiger charge is -2.09. The Morgan fingerprint density at radius 3 is 2.20 bits per heavy atom. The molecule has 0 aliphatic rings. The van der Waals surface area contributed by atoms with Gasteiger partial charge in [-0.15, -0.1) is 0 Å². The Hall–Kier alpha value is -2.15. The fraction of sp³-hybridized carbons (Fsp3) is 0.0769. The van der Waals surface area contributed by atoms with Crippen LogP contribution in [0.2, 0.25) is 0 Å². The summed E-state index contributed by atoms with van der Waals surface area (Å²) >= 11 is 0. The first-order chi connectivity index (χ1) is 9.42. The fourth-order valence-corrected chi connectivity index (χ4v) is 2.58. The number of hydrogen-bond acceptors (Lipinski definition) is 3. The van der Waals surface area contributed by atoms with Gasteiger partial charge in [0.1, 0.15) is 5.75 Å². The second kappa shape index (κ2) is 5.46. The van der Waals surface area contributed by atoms with Crippen LogP contribution < -0.4 is 9.46 Å². The molecule has 0 fully saturated rings. The SMILES string of the molecule is COc1ccc(S(=O)(=O)Nc2ccc(F)c(F)c2)cc1. The zero-order valence-corrected chi connectivity index (χ0v) is 11.2. The van der Waals surface area contributed by atoms with Crippen LogP contribution in [0.4, 0.5) is 14.5 Å². The van der Waals surface area contributed by atoms with Gasteiger partial charge in [0.25, 0.3) is 10.0 Å². The lowest BCUT2D eigenvalue weighted by atomic mass is 10.3. The van der Waals surface area contributed by atoms with Gasteiger partial charge in [0, 0.05) is 6.07 Å². The van der Waals surface area contributed by atoms with Gasteiger partial charge in [0.05, 0.1) is 17.7 Å². The highest BCUT2D eigenvalue weighted by molar-refractivity contribution is 7.92. The molecule has 7 heteroatoms. The van der Waals surface area contributed by atoms with E-state index in [0.29, 0.717) is 5.75 Å². The molecule has 106 valence electrons. The average Bonchev–Trinajstić information content (AvgIpc) is 2.43. The zero-order chi connectivity index (χ0) is 14.8. The van der Waals surface area contributed by atoms with Gasteiger partial charge in [-0.05, 0) is 36.4 Å². The second-order valence-electron chi connectivity index (χ2n) is 3.91. The van der Waals surface area contributed by atoms with Crippen molar-refractivity contribution in [2.24, 2.45) is 0 Å². The molecule has 2 aromatic carbocycles. The molecular formula is C13H11F2NO3S. The van der Waals surface area contributed by atoms with E-state index in [0.717, 1.165) is 18.2 Å². The van der Waals surface area contributed by atoms with E-state index in [4.69, 9.17) is 4.74 Å². The Bertz CT molecular complexity index is 715. The van der Waals surface area contributed by atoms with Crippen LogP contribution in [0.25, 0.3) is 0 Å². The van der Waals surface area contributed by atoms with E-state index in [1.54, 1.807) is 0 Å². The molecule has 0 saturated carbocycles. The lowest BCUT2D eigenvalue weighted by Crippen LogP contribution is -2.13. The van der Waals surface area contributed by atoms with Gasteiger partial charge >= 0.3 is 0 Å². The number of anilines is 1. The summed E-state index contributed by atoms with van der Waals surface area (Å²) in [5.74, 6) is -1.66. The smallest absolute Gasteiger partial charge is 0.261 e. The van der Waals surface area contributed by atoms with Gasteiger partial charge in [-0.1, -0.05) is 0 Å².